The molecule has 0 amide bonds. The lowest BCUT2D eigenvalue weighted by Crippen LogP contribution is -2.28. The van der Waals surface area contributed by atoms with E-state index in [0.29, 0.717) is 5.92 Å². The minimum absolute atomic E-state index is 0.0788. The predicted octanol–water partition coefficient (Wildman–Crippen LogP) is 2.15. The molecule has 0 N–H and O–H groups in total. The zero-order valence-corrected chi connectivity index (χ0v) is 7.96. The van der Waals surface area contributed by atoms with E-state index in [1.165, 1.54) is 0 Å². The first-order valence-electron chi connectivity index (χ1n) is 4.34. The summed E-state index contributed by atoms with van der Waals surface area (Å²) in [5.74, 6) is 0.248. The van der Waals surface area contributed by atoms with Crippen molar-refractivity contribution in [1.29, 1.82) is 0 Å². The minimum atomic E-state index is -0.307. The fourth-order valence-corrected chi connectivity index (χ4v) is 1.42. The standard InChI is InChI=1S/C10H16O2/c1-5-8-6-10(4,7(2)3)9(11)12-8/h5,7-8H,1,6H2,2-4H3/t8-,10-/m1/s1. The normalized spacial score (nSPS) is 35.3. The molecule has 0 radical (unpaired) electrons. The molecule has 1 rings (SSSR count). The molecule has 0 unspecified atom stereocenters. The first-order valence-corrected chi connectivity index (χ1v) is 4.34. The van der Waals surface area contributed by atoms with Gasteiger partial charge in [0.1, 0.15) is 6.10 Å². The van der Waals surface area contributed by atoms with Crippen molar-refractivity contribution in [3.8, 4) is 0 Å². The maximum atomic E-state index is 11.4. The summed E-state index contributed by atoms with van der Waals surface area (Å²) in [5.41, 5.74) is -0.307. The van der Waals surface area contributed by atoms with E-state index in [1.807, 2.05) is 20.8 Å². The van der Waals surface area contributed by atoms with E-state index in [9.17, 15) is 4.79 Å². The van der Waals surface area contributed by atoms with Gasteiger partial charge in [-0.15, -0.1) is 0 Å². The molecule has 0 spiro atoms. The third kappa shape index (κ3) is 1.26. The van der Waals surface area contributed by atoms with Crippen molar-refractivity contribution in [3.05, 3.63) is 12.7 Å². The van der Waals surface area contributed by atoms with E-state index >= 15 is 0 Å². The highest BCUT2D eigenvalue weighted by Crippen LogP contribution is 2.40. The highest BCUT2D eigenvalue weighted by Gasteiger charge is 2.46. The lowest BCUT2D eigenvalue weighted by molar-refractivity contribution is -0.148. The van der Waals surface area contributed by atoms with Gasteiger partial charge >= 0.3 is 5.97 Å². The average molecular weight is 168 g/mol. The second-order valence-corrected chi connectivity index (χ2v) is 3.96. The maximum absolute atomic E-state index is 11.4. The first kappa shape index (κ1) is 9.30. The molecule has 0 aromatic rings. The van der Waals surface area contributed by atoms with E-state index in [4.69, 9.17) is 4.74 Å². The van der Waals surface area contributed by atoms with Gasteiger partial charge in [-0.05, 0) is 12.8 Å². The van der Waals surface area contributed by atoms with Crippen molar-refractivity contribution in [2.45, 2.75) is 33.3 Å². The molecule has 1 heterocycles. The quantitative estimate of drug-likeness (QED) is 0.466. The van der Waals surface area contributed by atoms with Crippen molar-refractivity contribution < 1.29 is 9.53 Å². The number of hydrogen-bond acceptors (Lipinski definition) is 2. The Bertz CT molecular complexity index is 208. The van der Waals surface area contributed by atoms with Crippen LogP contribution < -0.4 is 0 Å². The van der Waals surface area contributed by atoms with Gasteiger partial charge in [-0.2, -0.15) is 0 Å². The number of rotatable bonds is 2. The summed E-state index contributed by atoms with van der Waals surface area (Å²) in [6, 6.07) is 0. The molecule has 1 fully saturated rings. The Morgan fingerprint density at radius 2 is 2.33 bits per heavy atom. The van der Waals surface area contributed by atoms with Crippen molar-refractivity contribution in [1.82, 2.24) is 0 Å². The monoisotopic (exact) mass is 168 g/mol. The van der Waals surface area contributed by atoms with Gasteiger partial charge in [-0.3, -0.25) is 4.79 Å². The van der Waals surface area contributed by atoms with E-state index in [0.717, 1.165) is 6.42 Å². The van der Waals surface area contributed by atoms with Gasteiger partial charge in [0.15, 0.2) is 0 Å². The molecule has 0 saturated carbocycles. The molecule has 12 heavy (non-hydrogen) atoms. The number of esters is 1. The lowest BCUT2D eigenvalue weighted by Gasteiger charge is -2.23. The van der Waals surface area contributed by atoms with Crippen LogP contribution in [0.4, 0.5) is 0 Å². The van der Waals surface area contributed by atoms with Crippen LogP contribution in [0.15, 0.2) is 12.7 Å². The highest BCUT2D eigenvalue weighted by molar-refractivity contribution is 5.79. The summed E-state index contributed by atoms with van der Waals surface area (Å²) < 4.78 is 5.13. The maximum Gasteiger partial charge on any atom is 0.312 e. The summed E-state index contributed by atoms with van der Waals surface area (Å²) in [6.45, 7) is 9.68. The molecule has 2 heteroatoms. The van der Waals surface area contributed by atoms with Crippen LogP contribution in [-0.4, -0.2) is 12.1 Å². The largest absolute Gasteiger partial charge is 0.458 e. The van der Waals surface area contributed by atoms with Crippen LogP contribution in [0.25, 0.3) is 0 Å². The Labute approximate surface area is 73.6 Å². The zero-order valence-electron chi connectivity index (χ0n) is 7.96. The van der Waals surface area contributed by atoms with Crippen LogP contribution in [0.5, 0.6) is 0 Å². The Morgan fingerprint density at radius 3 is 2.58 bits per heavy atom. The van der Waals surface area contributed by atoms with Gasteiger partial charge in [0, 0.05) is 6.42 Å². The minimum Gasteiger partial charge on any atom is -0.458 e. The van der Waals surface area contributed by atoms with E-state index in [1.54, 1.807) is 6.08 Å². The van der Waals surface area contributed by atoms with Gasteiger partial charge in [-0.25, -0.2) is 0 Å². The molecule has 0 bridgehead atoms. The predicted molar refractivity (Wildman–Crippen MR) is 47.6 cm³/mol. The van der Waals surface area contributed by atoms with Gasteiger partial charge < -0.3 is 4.74 Å². The van der Waals surface area contributed by atoms with Crippen LogP contribution in [0.3, 0.4) is 0 Å². The highest BCUT2D eigenvalue weighted by atomic mass is 16.6. The molecule has 2 nitrogen and oxygen atoms in total. The number of carbonyl (C=O) groups excluding carboxylic acids is 1. The number of hydrogen-bond donors (Lipinski definition) is 0. The van der Waals surface area contributed by atoms with Crippen LogP contribution >= 0.6 is 0 Å². The van der Waals surface area contributed by atoms with Crippen LogP contribution in [-0.2, 0) is 9.53 Å². The van der Waals surface area contributed by atoms with Gasteiger partial charge in [0.05, 0.1) is 5.41 Å². The Morgan fingerprint density at radius 1 is 1.75 bits per heavy atom. The molecule has 2 atom stereocenters. The Hall–Kier alpha value is -0.790. The number of cyclic esters (lactones) is 1. The van der Waals surface area contributed by atoms with Crippen LogP contribution in [0.2, 0.25) is 0 Å². The van der Waals surface area contributed by atoms with E-state index in [-0.39, 0.29) is 17.5 Å². The summed E-state index contributed by atoms with van der Waals surface area (Å²) in [6.07, 6.45) is 2.39. The van der Waals surface area contributed by atoms with Crippen molar-refractivity contribution in [2.24, 2.45) is 11.3 Å². The van der Waals surface area contributed by atoms with Crippen molar-refractivity contribution in [3.63, 3.8) is 0 Å². The zero-order chi connectivity index (χ0) is 9.35. The molecule has 1 aliphatic heterocycles. The van der Waals surface area contributed by atoms with Crippen LogP contribution in [0, 0.1) is 11.3 Å². The molecule has 1 saturated heterocycles. The molecule has 68 valence electrons. The second kappa shape index (κ2) is 2.92. The van der Waals surface area contributed by atoms with Crippen LogP contribution in [0.1, 0.15) is 27.2 Å². The first-order chi connectivity index (χ1) is 5.50. The molecule has 1 aliphatic rings. The Balaban J connectivity index is 2.81. The molecular formula is C10H16O2. The fraction of sp³-hybridized carbons (Fsp3) is 0.700. The van der Waals surface area contributed by atoms with Gasteiger partial charge in [-0.1, -0.05) is 26.5 Å². The molecular weight excluding hydrogens is 152 g/mol. The molecule has 0 aliphatic carbocycles. The van der Waals surface area contributed by atoms with Crippen molar-refractivity contribution in [2.75, 3.05) is 0 Å². The SMILES string of the molecule is C=C[C@@H]1C[C@](C)(C(C)C)C(=O)O1. The smallest absolute Gasteiger partial charge is 0.312 e. The van der Waals surface area contributed by atoms with E-state index < -0.39 is 0 Å². The molecule has 0 aromatic carbocycles. The second-order valence-electron chi connectivity index (χ2n) is 3.96. The third-order valence-corrected chi connectivity index (χ3v) is 2.89. The summed E-state index contributed by atoms with van der Waals surface area (Å²) in [5, 5.41) is 0. The molecule has 0 aromatic heterocycles. The number of carbonyl (C=O) groups is 1. The summed E-state index contributed by atoms with van der Waals surface area (Å²) in [7, 11) is 0. The number of ether oxygens (including phenoxy) is 1. The topological polar surface area (TPSA) is 26.3 Å². The Kier molecular flexibility index (Phi) is 2.27. The van der Waals surface area contributed by atoms with E-state index in [2.05, 4.69) is 6.58 Å². The fourth-order valence-electron chi connectivity index (χ4n) is 1.42. The van der Waals surface area contributed by atoms with Gasteiger partial charge in [0.2, 0.25) is 0 Å². The summed E-state index contributed by atoms with van der Waals surface area (Å²) in [4.78, 5) is 11.4. The summed E-state index contributed by atoms with van der Waals surface area (Å²) >= 11 is 0. The average Bonchev–Trinajstić information content (AvgIpc) is 2.29. The lowest BCUT2D eigenvalue weighted by atomic mass is 9.77. The van der Waals surface area contributed by atoms with Gasteiger partial charge in [0.25, 0.3) is 0 Å². The third-order valence-electron chi connectivity index (χ3n) is 2.89. The van der Waals surface area contributed by atoms with Crippen molar-refractivity contribution >= 4 is 5.97 Å².